The van der Waals surface area contributed by atoms with Crippen molar-refractivity contribution in [2.75, 3.05) is 25.5 Å². The lowest BCUT2D eigenvalue weighted by Crippen LogP contribution is -2.33. The molecule has 0 aliphatic rings. The second kappa shape index (κ2) is 6.28. The second-order valence-electron chi connectivity index (χ2n) is 4.56. The fourth-order valence-corrected chi connectivity index (χ4v) is 1.76. The first-order valence-corrected chi connectivity index (χ1v) is 6.15. The van der Waals surface area contributed by atoms with Gasteiger partial charge in [0, 0.05) is 31.4 Å². The van der Waals surface area contributed by atoms with Crippen LogP contribution in [-0.2, 0) is 0 Å². The summed E-state index contributed by atoms with van der Waals surface area (Å²) >= 11 is 0. The van der Waals surface area contributed by atoms with E-state index in [1.54, 1.807) is 0 Å². The van der Waals surface area contributed by atoms with Gasteiger partial charge in [-0.05, 0) is 37.1 Å². The lowest BCUT2D eigenvalue weighted by atomic mass is 10.1. The van der Waals surface area contributed by atoms with Crippen molar-refractivity contribution in [1.82, 2.24) is 4.90 Å². The standard InChI is InChI=1S/C14H22N2O/c1-5-16(10-11(2)3)14(17)12-6-8-13(15-4)9-7-12/h6-9,11,15H,5,10H2,1-4H3. The Morgan fingerprint density at radius 1 is 1.29 bits per heavy atom. The van der Waals surface area contributed by atoms with Crippen molar-refractivity contribution in [1.29, 1.82) is 0 Å². The highest BCUT2D eigenvalue weighted by atomic mass is 16.2. The summed E-state index contributed by atoms with van der Waals surface area (Å²) in [5.41, 5.74) is 1.78. The average Bonchev–Trinajstić information content (AvgIpc) is 2.35. The zero-order chi connectivity index (χ0) is 12.8. The molecule has 0 saturated heterocycles. The Hall–Kier alpha value is -1.51. The summed E-state index contributed by atoms with van der Waals surface area (Å²) in [7, 11) is 1.87. The summed E-state index contributed by atoms with van der Waals surface area (Å²) in [5.74, 6) is 0.610. The summed E-state index contributed by atoms with van der Waals surface area (Å²) in [6, 6.07) is 7.60. The zero-order valence-electron chi connectivity index (χ0n) is 11.2. The Kier molecular flexibility index (Phi) is 5.01. The maximum atomic E-state index is 12.2. The Bertz CT molecular complexity index is 357. The first kappa shape index (κ1) is 13.6. The van der Waals surface area contributed by atoms with Gasteiger partial charge < -0.3 is 10.2 Å². The zero-order valence-corrected chi connectivity index (χ0v) is 11.2. The second-order valence-corrected chi connectivity index (χ2v) is 4.56. The van der Waals surface area contributed by atoms with Crippen molar-refractivity contribution < 1.29 is 4.79 Å². The maximum Gasteiger partial charge on any atom is 0.253 e. The van der Waals surface area contributed by atoms with Gasteiger partial charge in [-0.2, -0.15) is 0 Å². The smallest absolute Gasteiger partial charge is 0.253 e. The summed E-state index contributed by atoms with van der Waals surface area (Å²) < 4.78 is 0. The minimum Gasteiger partial charge on any atom is -0.388 e. The molecule has 1 aromatic carbocycles. The van der Waals surface area contributed by atoms with E-state index in [1.165, 1.54) is 0 Å². The van der Waals surface area contributed by atoms with Gasteiger partial charge in [0.2, 0.25) is 0 Å². The van der Waals surface area contributed by atoms with Crippen LogP contribution in [0, 0.1) is 5.92 Å². The van der Waals surface area contributed by atoms with Crippen LogP contribution >= 0.6 is 0 Å². The molecule has 3 heteroatoms. The van der Waals surface area contributed by atoms with E-state index in [2.05, 4.69) is 19.2 Å². The molecule has 1 amide bonds. The molecule has 0 aliphatic carbocycles. The number of amides is 1. The minimum atomic E-state index is 0.115. The molecule has 0 fully saturated rings. The van der Waals surface area contributed by atoms with Gasteiger partial charge in [0.15, 0.2) is 0 Å². The lowest BCUT2D eigenvalue weighted by molar-refractivity contribution is 0.0746. The van der Waals surface area contributed by atoms with Crippen molar-refractivity contribution in [3.63, 3.8) is 0 Å². The van der Waals surface area contributed by atoms with Crippen LogP contribution in [0.5, 0.6) is 0 Å². The monoisotopic (exact) mass is 234 g/mol. The molecule has 1 aromatic rings. The number of anilines is 1. The molecule has 94 valence electrons. The largest absolute Gasteiger partial charge is 0.388 e. The van der Waals surface area contributed by atoms with Gasteiger partial charge in [-0.1, -0.05) is 13.8 Å². The van der Waals surface area contributed by atoms with Crippen molar-refractivity contribution in [3.8, 4) is 0 Å². The normalized spacial score (nSPS) is 10.4. The summed E-state index contributed by atoms with van der Waals surface area (Å²) in [4.78, 5) is 14.1. The molecule has 1 rings (SSSR count). The SMILES string of the molecule is CCN(CC(C)C)C(=O)c1ccc(NC)cc1. The minimum absolute atomic E-state index is 0.115. The van der Waals surface area contributed by atoms with E-state index in [9.17, 15) is 4.79 Å². The van der Waals surface area contributed by atoms with Crippen LogP contribution in [0.1, 0.15) is 31.1 Å². The molecular formula is C14H22N2O. The topological polar surface area (TPSA) is 32.3 Å². The molecule has 0 bridgehead atoms. The van der Waals surface area contributed by atoms with E-state index < -0.39 is 0 Å². The van der Waals surface area contributed by atoms with Crippen molar-refractivity contribution in [2.45, 2.75) is 20.8 Å². The van der Waals surface area contributed by atoms with Crippen molar-refractivity contribution in [2.24, 2.45) is 5.92 Å². The number of nitrogens with one attached hydrogen (secondary N) is 1. The molecule has 0 heterocycles. The Balaban J connectivity index is 2.78. The van der Waals surface area contributed by atoms with Gasteiger partial charge in [-0.3, -0.25) is 4.79 Å². The summed E-state index contributed by atoms with van der Waals surface area (Å²) in [5, 5.41) is 3.04. The average molecular weight is 234 g/mol. The van der Waals surface area contributed by atoms with Crippen molar-refractivity contribution >= 4 is 11.6 Å². The van der Waals surface area contributed by atoms with E-state index >= 15 is 0 Å². The molecule has 17 heavy (non-hydrogen) atoms. The van der Waals surface area contributed by atoms with Crippen LogP contribution in [0.15, 0.2) is 24.3 Å². The van der Waals surface area contributed by atoms with Crippen LogP contribution in [0.25, 0.3) is 0 Å². The number of nitrogens with zero attached hydrogens (tertiary/aromatic N) is 1. The number of carbonyl (C=O) groups is 1. The fourth-order valence-electron chi connectivity index (χ4n) is 1.76. The van der Waals surface area contributed by atoms with Crippen molar-refractivity contribution in [3.05, 3.63) is 29.8 Å². The quantitative estimate of drug-likeness (QED) is 0.849. The van der Waals surface area contributed by atoms with Crippen LogP contribution in [0.3, 0.4) is 0 Å². The third-order valence-electron chi connectivity index (χ3n) is 2.67. The molecule has 1 N–H and O–H groups in total. The third-order valence-corrected chi connectivity index (χ3v) is 2.67. The maximum absolute atomic E-state index is 12.2. The van der Waals surface area contributed by atoms with Gasteiger partial charge in [0.1, 0.15) is 0 Å². The first-order chi connectivity index (χ1) is 8.08. The number of benzene rings is 1. The van der Waals surface area contributed by atoms with E-state index in [-0.39, 0.29) is 5.91 Å². The fraction of sp³-hybridized carbons (Fsp3) is 0.500. The van der Waals surface area contributed by atoms with E-state index in [1.807, 2.05) is 43.1 Å². The third kappa shape index (κ3) is 3.77. The number of rotatable bonds is 5. The molecule has 3 nitrogen and oxygen atoms in total. The number of carbonyl (C=O) groups excluding carboxylic acids is 1. The number of hydrogen-bond acceptors (Lipinski definition) is 2. The predicted octanol–water partition coefficient (Wildman–Crippen LogP) is 2.85. The number of hydrogen-bond donors (Lipinski definition) is 1. The molecular weight excluding hydrogens is 212 g/mol. The summed E-state index contributed by atoms with van der Waals surface area (Å²) in [6.07, 6.45) is 0. The Morgan fingerprint density at radius 3 is 2.29 bits per heavy atom. The molecule has 0 radical (unpaired) electrons. The molecule has 0 aliphatic heterocycles. The Morgan fingerprint density at radius 2 is 1.88 bits per heavy atom. The van der Waals surface area contributed by atoms with Crippen LogP contribution < -0.4 is 5.32 Å². The van der Waals surface area contributed by atoms with E-state index in [0.717, 1.165) is 24.3 Å². The van der Waals surface area contributed by atoms with E-state index in [0.29, 0.717) is 5.92 Å². The van der Waals surface area contributed by atoms with Gasteiger partial charge in [-0.25, -0.2) is 0 Å². The van der Waals surface area contributed by atoms with Gasteiger partial charge in [0.05, 0.1) is 0 Å². The summed E-state index contributed by atoms with van der Waals surface area (Å²) in [6.45, 7) is 7.83. The highest BCUT2D eigenvalue weighted by Gasteiger charge is 2.14. The predicted molar refractivity (Wildman–Crippen MR) is 72.4 cm³/mol. The first-order valence-electron chi connectivity index (χ1n) is 6.15. The van der Waals surface area contributed by atoms with Crippen LogP contribution in [0.2, 0.25) is 0 Å². The Labute approximate surface area is 104 Å². The molecule has 0 unspecified atom stereocenters. The highest BCUT2D eigenvalue weighted by Crippen LogP contribution is 2.12. The molecule has 0 spiro atoms. The molecule has 0 aromatic heterocycles. The lowest BCUT2D eigenvalue weighted by Gasteiger charge is -2.23. The highest BCUT2D eigenvalue weighted by molar-refractivity contribution is 5.94. The van der Waals surface area contributed by atoms with Gasteiger partial charge in [-0.15, -0.1) is 0 Å². The molecule has 0 saturated carbocycles. The van der Waals surface area contributed by atoms with Crippen LogP contribution in [0.4, 0.5) is 5.69 Å². The van der Waals surface area contributed by atoms with Crippen LogP contribution in [-0.4, -0.2) is 30.9 Å². The van der Waals surface area contributed by atoms with Gasteiger partial charge in [0.25, 0.3) is 5.91 Å². The van der Waals surface area contributed by atoms with E-state index in [4.69, 9.17) is 0 Å². The van der Waals surface area contributed by atoms with Gasteiger partial charge >= 0.3 is 0 Å². The molecule has 0 atom stereocenters.